The lowest BCUT2D eigenvalue weighted by Gasteiger charge is -2.07. The van der Waals surface area contributed by atoms with Crippen LogP contribution in [0.3, 0.4) is 0 Å². The first kappa shape index (κ1) is 12.3. The topological polar surface area (TPSA) is 26.3 Å². The summed E-state index contributed by atoms with van der Waals surface area (Å²) in [5, 5.41) is 0. The number of methoxy groups -OCH3 is 1. The van der Waals surface area contributed by atoms with E-state index in [1.807, 2.05) is 0 Å². The highest BCUT2D eigenvalue weighted by Gasteiger charge is 2.09. The molecule has 0 aliphatic heterocycles. The van der Waals surface area contributed by atoms with Crippen LogP contribution >= 0.6 is 15.9 Å². The molecule has 0 heterocycles. The average Bonchev–Trinajstić information content (AvgIpc) is 2.10. The highest BCUT2D eigenvalue weighted by molar-refractivity contribution is 9.10. The van der Waals surface area contributed by atoms with E-state index in [0.717, 1.165) is 0 Å². The van der Waals surface area contributed by atoms with Gasteiger partial charge in [-0.05, 0) is 24.6 Å². The van der Waals surface area contributed by atoms with Gasteiger partial charge in [-0.2, -0.15) is 0 Å². The van der Waals surface area contributed by atoms with E-state index < -0.39 is 0 Å². The van der Waals surface area contributed by atoms with Crippen molar-refractivity contribution in [2.45, 2.75) is 20.0 Å². The Morgan fingerprint density at radius 2 is 2.20 bits per heavy atom. The molecule has 1 aromatic rings. The first-order chi connectivity index (χ1) is 7.04. The molecule has 2 nitrogen and oxygen atoms in total. The van der Waals surface area contributed by atoms with Gasteiger partial charge in [0.1, 0.15) is 11.6 Å². The van der Waals surface area contributed by atoms with E-state index in [2.05, 4.69) is 15.9 Å². The molecule has 0 aromatic heterocycles. The predicted octanol–water partition coefficient (Wildman–Crippen LogP) is 2.87. The number of carbonyl (C=O) groups is 1. The Hall–Kier alpha value is -0.740. The summed E-state index contributed by atoms with van der Waals surface area (Å²) >= 11 is 3.26. The average molecular weight is 275 g/mol. The maximum Gasteiger partial charge on any atom is 0.134 e. The molecule has 0 fully saturated rings. The highest BCUT2D eigenvalue weighted by atomic mass is 79.9. The quantitative estimate of drug-likeness (QED) is 0.844. The maximum atomic E-state index is 13.5. The molecule has 0 atom stereocenters. The summed E-state index contributed by atoms with van der Waals surface area (Å²) < 4.78 is 19.0. The molecular formula is C11H12BrFO2. The van der Waals surface area contributed by atoms with Crippen LogP contribution in [0.5, 0.6) is 0 Å². The summed E-state index contributed by atoms with van der Waals surface area (Å²) in [6.45, 7) is 1.70. The monoisotopic (exact) mass is 274 g/mol. The lowest BCUT2D eigenvalue weighted by Crippen LogP contribution is -2.01. The molecule has 0 amide bonds. The summed E-state index contributed by atoms with van der Waals surface area (Å²) in [5.41, 5.74) is 1.15. The van der Waals surface area contributed by atoms with Crippen LogP contribution in [0.4, 0.5) is 4.39 Å². The van der Waals surface area contributed by atoms with Crippen LogP contribution in [0.2, 0.25) is 0 Å². The molecule has 1 aromatic carbocycles. The Bertz CT molecular complexity index is 354. The molecule has 0 aliphatic rings. The third kappa shape index (κ3) is 3.39. The van der Waals surface area contributed by atoms with Gasteiger partial charge in [0, 0.05) is 23.6 Å². The molecule has 82 valence electrons. The number of hydrogen-bond acceptors (Lipinski definition) is 2. The molecule has 0 unspecified atom stereocenters. The van der Waals surface area contributed by atoms with Crippen molar-refractivity contribution < 1.29 is 13.9 Å². The first-order valence-corrected chi connectivity index (χ1v) is 5.29. The fourth-order valence-corrected chi connectivity index (χ4v) is 1.93. The molecule has 0 aliphatic carbocycles. The Morgan fingerprint density at radius 3 is 2.67 bits per heavy atom. The minimum atomic E-state index is -0.345. The predicted molar refractivity (Wildman–Crippen MR) is 59.2 cm³/mol. The van der Waals surface area contributed by atoms with Crippen molar-refractivity contribution in [1.82, 2.24) is 0 Å². The second-order valence-electron chi connectivity index (χ2n) is 3.35. The zero-order valence-corrected chi connectivity index (χ0v) is 10.2. The van der Waals surface area contributed by atoms with E-state index in [9.17, 15) is 9.18 Å². The zero-order chi connectivity index (χ0) is 11.4. The lowest BCUT2D eigenvalue weighted by molar-refractivity contribution is -0.116. The minimum Gasteiger partial charge on any atom is -0.380 e. The number of ether oxygens (including phenoxy) is 1. The van der Waals surface area contributed by atoms with Gasteiger partial charge in [0.25, 0.3) is 0 Å². The summed E-state index contributed by atoms with van der Waals surface area (Å²) in [6, 6.07) is 3.12. The zero-order valence-electron chi connectivity index (χ0n) is 8.64. The first-order valence-electron chi connectivity index (χ1n) is 4.49. The normalized spacial score (nSPS) is 10.4. The van der Waals surface area contributed by atoms with Gasteiger partial charge in [0.05, 0.1) is 6.61 Å². The summed E-state index contributed by atoms with van der Waals surface area (Å²) in [7, 11) is 1.51. The van der Waals surface area contributed by atoms with Crippen LogP contribution in [0.1, 0.15) is 18.1 Å². The van der Waals surface area contributed by atoms with Crippen LogP contribution in [-0.4, -0.2) is 12.9 Å². The fraction of sp³-hybridized carbons (Fsp3) is 0.364. The third-order valence-electron chi connectivity index (χ3n) is 1.94. The van der Waals surface area contributed by atoms with Crippen LogP contribution in [0, 0.1) is 5.82 Å². The number of benzene rings is 1. The minimum absolute atomic E-state index is 0.0146. The van der Waals surface area contributed by atoms with E-state index >= 15 is 0 Å². The van der Waals surface area contributed by atoms with E-state index in [1.54, 1.807) is 6.07 Å². The van der Waals surface area contributed by atoms with Crippen molar-refractivity contribution in [1.29, 1.82) is 0 Å². The number of ketones is 1. The summed E-state index contributed by atoms with van der Waals surface area (Å²) in [6.07, 6.45) is 0.253. The van der Waals surface area contributed by atoms with E-state index in [0.29, 0.717) is 15.6 Å². The Balaban J connectivity index is 3.02. The van der Waals surface area contributed by atoms with Crippen LogP contribution in [0.25, 0.3) is 0 Å². The van der Waals surface area contributed by atoms with Crippen molar-refractivity contribution in [3.8, 4) is 0 Å². The molecule has 0 saturated carbocycles. The Labute approximate surface area is 96.6 Å². The molecule has 0 spiro atoms. The number of hydrogen-bond donors (Lipinski definition) is 0. The van der Waals surface area contributed by atoms with Crippen molar-refractivity contribution in [3.05, 3.63) is 33.5 Å². The number of rotatable bonds is 4. The molecular weight excluding hydrogens is 263 g/mol. The van der Waals surface area contributed by atoms with E-state index in [4.69, 9.17) is 4.74 Å². The largest absolute Gasteiger partial charge is 0.380 e. The molecule has 0 bridgehead atoms. The van der Waals surface area contributed by atoms with Crippen LogP contribution in [0.15, 0.2) is 16.6 Å². The van der Waals surface area contributed by atoms with Crippen molar-refractivity contribution in [2.75, 3.05) is 7.11 Å². The molecule has 1 rings (SSSR count). The third-order valence-corrected chi connectivity index (χ3v) is 2.65. The van der Waals surface area contributed by atoms with Gasteiger partial charge in [-0.3, -0.25) is 4.79 Å². The second-order valence-corrected chi connectivity index (χ2v) is 4.20. The van der Waals surface area contributed by atoms with Crippen molar-refractivity contribution in [2.24, 2.45) is 0 Å². The lowest BCUT2D eigenvalue weighted by atomic mass is 10.1. The molecule has 15 heavy (non-hydrogen) atoms. The fourth-order valence-electron chi connectivity index (χ4n) is 1.33. The summed E-state index contributed by atoms with van der Waals surface area (Å²) in [4.78, 5) is 10.9. The highest BCUT2D eigenvalue weighted by Crippen LogP contribution is 2.23. The number of Topliss-reactive ketones (excluding diaryl/α,β-unsaturated/α-hetero) is 1. The van der Waals surface area contributed by atoms with Crippen LogP contribution < -0.4 is 0 Å². The molecule has 0 N–H and O–H groups in total. The van der Waals surface area contributed by atoms with Gasteiger partial charge in [0.2, 0.25) is 0 Å². The van der Waals surface area contributed by atoms with Crippen molar-refractivity contribution >= 4 is 21.7 Å². The second kappa shape index (κ2) is 5.37. The van der Waals surface area contributed by atoms with Gasteiger partial charge < -0.3 is 4.74 Å². The number of carbonyl (C=O) groups excluding carboxylic acids is 1. The van der Waals surface area contributed by atoms with Gasteiger partial charge in [-0.25, -0.2) is 4.39 Å². The van der Waals surface area contributed by atoms with Crippen LogP contribution in [-0.2, 0) is 22.6 Å². The van der Waals surface area contributed by atoms with E-state index in [1.165, 1.54) is 20.1 Å². The van der Waals surface area contributed by atoms with Gasteiger partial charge >= 0.3 is 0 Å². The number of halogens is 2. The van der Waals surface area contributed by atoms with E-state index in [-0.39, 0.29) is 24.6 Å². The maximum absolute atomic E-state index is 13.5. The standard InChI is InChI=1S/C11H12BrFO2/c1-7(14)3-8-4-10(12)9(6-15-2)11(13)5-8/h4-5H,3,6H2,1-2H3. The smallest absolute Gasteiger partial charge is 0.134 e. The van der Waals surface area contributed by atoms with Crippen molar-refractivity contribution in [3.63, 3.8) is 0 Å². The van der Waals surface area contributed by atoms with Gasteiger partial charge in [-0.15, -0.1) is 0 Å². The van der Waals surface area contributed by atoms with Gasteiger partial charge in [-0.1, -0.05) is 15.9 Å². The van der Waals surface area contributed by atoms with Gasteiger partial charge in [0.15, 0.2) is 0 Å². The summed E-state index contributed by atoms with van der Waals surface area (Å²) in [5.74, 6) is -0.330. The SMILES string of the molecule is COCc1c(F)cc(CC(C)=O)cc1Br. The molecule has 0 saturated heterocycles. The molecule has 4 heteroatoms. The Morgan fingerprint density at radius 1 is 1.53 bits per heavy atom. The molecule has 0 radical (unpaired) electrons. The Kier molecular flexibility index (Phi) is 4.42.